The van der Waals surface area contributed by atoms with Gasteiger partial charge in [-0.25, -0.2) is 0 Å². The summed E-state index contributed by atoms with van der Waals surface area (Å²) in [4.78, 5) is 11.7. The zero-order valence-electron chi connectivity index (χ0n) is 6.45. The van der Waals surface area contributed by atoms with Crippen molar-refractivity contribution < 1.29 is 4.79 Å². The van der Waals surface area contributed by atoms with Crippen molar-refractivity contribution in [1.29, 1.82) is 0 Å². The van der Waals surface area contributed by atoms with Crippen LogP contribution >= 0.6 is 23.5 Å². The molecule has 0 aromatic carbocycles. The van der Waals surface area contributed by atoms with E-state index in [-0.39, 0.29) is 10.6 Å². The smallest absolute Gasteiger partial charge is 0.260 e. The van der Waals surface area contributed by atoms with Crippen molar-refractivity contribution in [3.05, 3.63) is 23.8 Å². The molecule has 1 rings (SSSR count). The van der Waals surface area contributed by atoms with Gasteiger partial charge in [0.2, 0.25) is 0 Å². The lowest BCUT2D eigenvalue weighted by atomic mass is 10.6. The first-order valence-corrected chi connectivity index (χ1v) is 5.32. The Morgan fingerprint density at radius 1 is 1.83 bits per heavy atom. The van der Waals surface area contributed by atoms with Gasteiger partial charge >= 0.3 is 0 Å². The Balaban J connectivity index is 2.43. The van der Waals surface area contributed by atoms with Gasteiger partial charge in [-0.1, -0.05) is 17.8 Å². The van der Waals surface area contributed by atoms with Crippen molar-refractivity contribution in [2.45, 2.75) is 4.71 Å². The third kappa shape index (κ3) is 2.22. The molecule has 12 heavy (non-hydrogen) atoms. The van der Waals surface area contributed by atoms with Gasteiger partial charge in [0.1, 0.15) is 4.71 Å². The Kier molecular flexibility index (Phi) is 3.55. The number of carbonyl (C=O) groups excluding carboxylic acids is 1. The second kappa shape index (κ2) is 4.47. The molecule has 1 fully saturated rings. The molecule has 0 aromatic rings. The minimum absolute atomic E-state index is 0.0796. The fourth-order valence-corrected chi connectivity index (χ4v) is 2.68. The highest BCUT2D eigenvalue weighted by Crippen LogP contribution is 2.33. The molecule has 0 bridgehead atoms. The first-order chi connectivity index (χ1) is 5.77. The van der Waals surface area contributed by atoms with E-state index in [1.165, 1.54) is 18.0 Å². The van der Waals surface area contributed by atoms with Gasteiger partial charge in [0.05, 0.1) is 4.91 Å². The Labute approximate surface area is 79.8 Å². The van der Waals surface area contributed by atoms with E-state index in [2.05, 4.69) is 11.9 Å². The van der Waals surface area contributed by atoms with Crippen molar-refractivity contribution in [2.75, 3.05) is 5.75 Å². The van der Waals surface area contributed by atoms with Crippen LogP contribution in [0.2, 0.25) is 0 Å². The van der Waals surface area contributed by atoms with E-state index in [0.29, 0.717) is 4.91 Å². The summed E-state index contributed by atoms with van der Waals surface area (Å²) in [6.07, 6.45) is 3.15. The molecule has 66 valence electrons. The zero-order valence-corrected chi connectivity index (χ0v) is 8.08. The Hall–Kier alpha value is -0.550. The van der Waals surface area contributed by atoms with Gasteiger partial charge in [0.15, 0.2) is 0 Å². The molecule has 1 saturated heterocycles. The van der Waals surface area contributed by atoms with Gasteiger partial charge in [0.25, 0.3) is 5.91 Å². The number of hydrogen-bond acceptors (Lipinski definition) is 4. The lowest BCUT2D eigenvalue weighted by molar-refractivity contribution is -0.116. The fourth-order valence-electron chi connectivity index (χ4n) is 0.723. The minimum atomic E-state index is -0.0796. The van der Waals surface area contributed by atoms with E-state index < -0.39 is 0 Å². The highest BCUT2D eigenvalue weighted by molar-refractivity contribution is 8.19. The zero-order chi connectivity index (χ0) is 8.97. The van der Waals surface area contributed by atoms with E-state index in [4.69, 9.17) is 5.73 Å². The molecule has 3 N–H and O–H groups in total. The molecular formula is C7H10N2OS2. The largest absolute Gasteiger partial charge is 0.404 e. The molecule has 1 aliphatic heterocycles. The number of thioether (sulfide) groups is 2. The van der Waals surface area contributed by atoms with Crippen LogP contribution in [-0.4, -0.2) is 16.4 Å². The Morgan fingerprint density at radius 2 is 2.58 bits per heavy atom. The van der Waals surface area contributed by atoms with Crippen LogP contribution in [0.3, 0.4) is 0 Å². The molecule has 1 atom stereocenters. The lowest BCUT2D eigenvalue weighted by Gasteiger charge is -2.04. The molecule has 1 aliphatic rings. The predicted molar refractivity (Wildman–Crippen MR) is 54.4 cm³/mol. The van der Waals surface area contributed by atoms with Crippen LogP contribution in [0.1, 0.15) is 0 Å². The first-order valence-electron chi connectivity index (χ1n) is 3.40. The van der Waals surface area contributed by atoms with Crippen molar-refractivity contribution in [3.63, 3.8) is 0 Å². The van der Waals surface area contributed by atoms with Crippen LogP contribution in [0, 0.1) is 0 Å². The van der Waals surface area contributed by atoms with Crippen LogP contribution in [0.25, 0.3) is 0 Å². The number of carbonyl (C=O) groups is 1. The van der Waals surface area contributed by atoms with Crippen molar-refractivity contribution >= 4 is 29.4 Å². The van der Waals surface area contributed by atoms with E-state index in [9.17, 15) is 4.79 Å². The van der Waals surface area contributed by atoms with Crippen LogP contribution in [-0.2, 0) is 4.79 Å². The van der Waals surface area contributed by atoms with Gasteiger partial charge in [-0.05, 0) is 0 Å². The minimum Gasteiger partial charge on any atom is -0.404 e. The van der Waals surface area contributed by atoms with E-state index in [1.54, 1.807) is 11.8 Å². The summed E-state index contributed by atoms with van der Waals surface area (Å²) in [5, 5.41) is 2.78. The maximum absolute atomic E-state index is 11.1. The van der Waals surface area contributed by atoms with E-state index in [0.717, 1.165) is 5.75 Å². The van der Waals surface area contributed by atoms with Crippen LogP contribution in [0.5, 0.6) is 0 Å². The number of rotatable bonds is 3. The normalized spacial score (nSPS) is 25.8. The molecule has 0 radical (unpaired) electrons. The summed E-state index contributed by atoms with van der Waals surface area (Å²) >= 11 is 3.07. The molecule has 0 saturated carbocycles. The number of hydrogen-bond donors (Lipinski definition) is 2. The van der Waals surface area contributed by atoms with Gasteiger partial charge in [-0.3, -0.25) is 4.79 Å². The number of nitrogens with two attached hydrogens (primary N) is 1. The van der Waals surface area contributed by atoms with Crippen LogP contribution < -0.4 is 11.1 Å². The maximum atomic E-state index is 11.1. The van der Waals surface area contributed by atoms with Gasteiger partial charge in [0, 0.05) is 12.0 Å². The second-order valence-corrected chi connectivity index (χ2v) is 4.66. The maximum Gasteiger partial charge on any atom is 0.260 e. The quantitative estimate of drug-likeness (QED) is 0.526. The summed E-state index contributed by atoms with van der Waals surface area (Å²) in [6, 6.07) is 0. The van der Waals surface area contributed by atoms with E-state index >= 15 is 0 Å². The van der Waals surface area contributed by atoms with E-state index in [1.807, 2.05) is 6.08 Å². The third-order valence-electron chi connectivity index (χ3n) is 1.22. The Morgan fingerprint density at radius 3 is 3.08 bits per heavy atom. The van der Waals surface area contributed by atoms with Crippen molar-refractivity contribution in [2.24, 2.45) is 5.73 Å². The fraction of sp³-hybridized carbons (Fsp3) is 0.286. The Bertz CT molecular complexity index is 227. The molecule has 3 nitrogen and oxygen atoms in total. The highest BCUT2D eigenvalue weighted by atomic mass is 32.2. The summed E-state index contributed by atoms with van der Waals surface area (Å²) in [6.45, 7) is 3.60. The van der Waals surface area contributed by atoms with Gasteiger partial charge in [-0.15, -0.1) is 18.3 Å². The van der Waals surface area contributed by atoms with Crippen LogP contribution in [0.4, 0.5) is 0 Å². The van der Waals surface area contributed by atoms with Crippen LogP contribution in [0.15, 0.2) is 23.8 Å². The molecule has 5 heteroatoms. The SMILES string of the molecule is C=CCSC1NC(=O)C(=CN)S1. The molecule has 0 spiro atoms. The van der Waals surface area contributed by atoms with Gasteiger partial charge < -0.3 is 11.1 Å². The number of nitrogens with one attached hydrogen (secondary N) is 1. The predicted octanol–water partition coefficient (Wildman–Crippen LogP) is 0.852. The average molecular weight is 202 g/mol. The van der Waals surface area contributed by atoms with Crippen molar-refractivity contribution in [3.8, 4) is 0 Å². The molecule has 1 amide bonds. The topological polar surface area (TPSA) is 55.1 Å². The summed E-state index contributed by atoms with van der Waals surface area (Å²) in [5.74, 6) is 0.750. The van der Waals surface area contributed by atoms with Gasteiger partial charge in [-0.2, -0.15) is 0 Å². The molecule has 0 aliphatic carbocycles. The number of amides is 1. The molecule has 1 heterocycles. The lowest BCUT2D eigenvalue weighted by Crippen LogP contribution is -2.21. The summed E-state index contributed by atoms with van der Waals surface area (Å²) in [7, 11) is 0. The standard InChI is InChI=1S/C7H10N2OS2/c1-2-3-11-7-9-6(10)5(4-8)12-7/h2,4,7H,1,3,8H2,(H,9,10). The summed E-state index contributed by atoms with van der Waals surface area (Å²) in [5.41, 5.74) is 5.24. The monoisotopic (exact) mass is 202 g/mol. The molecule has 0 aromatic heterocycles. The summed E-state index contributed by atoms with van der Waals surface area (Å²) < 4.78 is 0.0882. The first kappa shape index (κ1) is 9.54. The highest BCUT2D eigenvalue weighted by Gasteiger charge is 2.26. The van der Waals surface area contributed by atoms with Crippen molar-refractivity contribution in [1.82, 2.24) is 5.32 Å². The molecule has 1 unspecified atom stereocenters. The average Bonchev–Trinajstić information content (AvgIpc) is 2.43. The second-order valence-electron chi connectivity index (χ2n) is 2.08. The third-order valence-corrected chi connectivity index (χ3v) is 3.68. The molecular weight excluding hydrogens is 192 g/mol.